The topological polar surface area (TPSA) is 0 Å². The van der Waals surface area contributed by atoms with Gasteiger partial charge in [-0.15, -0.1) is 0 Å². The second kappa shape index (κ2) is 6.72. The molecule has 86 valence electrons. The monoisotopic (exact) mass is 430 g/mol. The van der Waals surface area contributed by atoms with Crippen LogP contribution in [-0.2, 0) is 22.9 Å². The van der Waals surface area contributed by atoms with E-state index >= 15 is 0 Å². The second-order valence-electron chi connectivity index (χ2n) is 3.93. The number of hydrogen-bond donors (Lipinski definition) is 0. The summed E-state index contributed by atoms with van der Waals surface area (Å²) < 4.78 is 2.55. The van der Waals surface area contributed by atoms with E-state index in [0.29, 0.717) is 0 Å². The van der Waals surface area contributed by atoms with Crippen molar-refractivity contribution in [3.8, 4) is 0 Å². The molecule has 0 radical (unpaired) electrons. The van der Waals surface area contributed by atoms with Gasteiger partial charge in [-0.1, -0.05) is 0 Å². The van der Waals surface area contributed by atoms with Crippen LogP contribution in [0, 0.1) is 0 Å². The summed E-state index contributed by atoms with van der Waals surface area (Å²) in [6.45, 7) is 0. The summed E-state index contributed by atoms with van der Waals surface area (Å²) in [5.74, 6) is 0. The molecular weight excluding hydrogens is 418 g/mol. The molecule has 0 heterocycles. The van der Waals surface area contributed by atoms with Crippen molar-refractivity contribution in [2.75, 3.05) is 0 Å². The molecule has 1 unspecified atom stereocenters. The van der Waals surface area contributed by atoms with E-state index in [9.17, 15) is 0 Å². The van der Waals surface area contributed by atoms with Gasteiger partial charge in [-0.3, -0.25) is 0 Å². The first kappa shape index (κ1) is 14.9. The summed E-state index contributed by atoms with van der Waals surface area (Å²) >= 11 is -0.658. The Kier molecular flexibility index (Phi) is 5.91. The predicted molar refractivity (Wildman–Crippen MR) is 60.1 cm³/mol. The molecule has 0 N–H and O–H groups in total. The maximum atomic E-state index is 2.42. The molecule has 0 saturated carbocycles. The third kappa shape index (κ3) is 3.21. The van der Waals surface area contributed by atoms with E-state index in [-0.39, 0.29) is 24.8 Å². The van der Waals surface area contributed by atoms with Crippen molar-refractivity contribution in [3.05, 3.63) is 63.0 Å². The van der Waals surface area contributed by atoms with Crippen LogP contribution in [0.3, 0.4) is 0 Å². The minimum atomic E-state index is -0.658. The first-order chi connectivity index (χ1) is 7.43. The van der Waals surface area contributed by atoms with Gasteiger partial charge in [-0.25, -0.2) is 0 Å². The number of hydrogen-bond acceptors (Lipinski definition) is 0. The molecule has 3 rings (SSSR count). The number of allylic oxidation sites excluding steroid dienone is 5. The van der Waals surface area contributed by atoms with Gasteiger partial charge in [0.15, 0.2) is 0 Å². The third-order valence-electron chi connectivity index (χ3n) is 2.91. The molecule has 2 aliphatic rings. The Morgan fingerprint density at radius 2 is 1.94 bits per heavy atom. The van der Waals surface area contributed by atoms with Crippen molar-refractivity contribution in [2.24, 2.45) is 0 Å². The molecule has 1 aromatic rings. The van der Waals surface area contributed by atoms with Gasteiger partial charge in [-0.05, 0) is 0 Å². The van der Waals surface area contributed by atoms with E-state index in [1.165, 1.54) is 12.0 Å². The molecule has 3 heteroatoms. The van der Waals surface area contributed by atoms with Gasteiger partial charge in [0.25, 0.3) is 0 Å². The molecule has 17 heavy (non-hydrogen) atoms. The van der Waals surface area contributed by atoms with Gasteiger partial charge in [-0.2, -0.15) is 0 Å². The molecular formula is C14H12Cl2Hf. The molecule has 0 fully saturated rings. The van der Waals surface area contributed by atoms with Crippen LogP contribution in [0.1, 0.15) is 21.2 Å². The molecule has 0 spiro atoms. The van der Waals surface area contributed by atoms with E-state index in [4.69, 9.17) is 0 Å². The fourth-order valence-electron chi connectivity index (χ4n) is 2.13. The van der Waals surface area contributed by atoms with E-state index in [1.807, 2.05) is 0 Å². The van der Waals surface area contributed by atoms with Gasteiger partial charge >= 0.3 is 102 Å². The average molecular weight is 430 g/mol. The zero-order valence-corrected chi connectivity index (χ0v) is 14.3. The SMILES string of the molecule is C1=CC[C]([Hf+2][CH]2C=Cc3ccccc32)=C1.[Cl-].[Cl-]. The van der Waals surface area contributed by atoms with Crippen molar-refractivity contribution < 1.29 is 47.7 Å². The van der Waals surface area contributed by atoms with Crippen LogP contribution in [0.5, 0.6) is 0 Å². The first-order valence-electron chi connectivity index (χ1n) is 5.33. The molecule has 0 amide bonds. The van der Waals surface area contributed by atoms with Crippen molar-refractivity contribution in [2.45, 2.75) is 10.1 Å². The van der Waals surface area contributed by atoms with Crippen LogP contribution in [0.4, 0.5) is 0 Å². The minimum Gasteiger partial charge on any atom is -1.00 e. The molecule has 0 aliphatic heterocycles. The summed E-state index contributed by atoms with van der Waals surface area (Å²) in [5, 5.41) is 0. The molecule has 0 aromatic heterocycles. The zero-order chi connectivity index (χ0) is 10.1. The normalized spacial score (nSPS) is 18.8. The van der Waals surface area contributed by atoms with Crippen LogP contribution in [0.15, 0.2) is 51.9 Å². The van der Waals surface area contributed by atoms with E-state index in [2.05, 4.69) is 54.6 Å². The Labute approximate surface area is 126 Å². The Balaban J connectivity index is 0.000000722. The number of benzene rings is 1. The van der Waals surface area contributed by atoms with E-state index < -0.39 is 22.9 Å². The van der Waals surface area contributed by atoms with Crippen molar-refractivity contribution >= 4 is 6.08 Å². The van der Waals surface area contributed by atoms with Crippen LogP contribution < -0.4 is 24.8 Å². The van der Waals surface area contributed by atoms with Gasteiger partial charge in [0.2, 0.25) is 0 Å². The van der Waals surface area contributed by atoms with Gasteiger partial charge in [0.05, 0.1) is 0 Å². The van der Waals surface area contributed by atoms with Gasteiger partial charge < -0.3 is 24.8 Å². The quantitative estimate of drug-likeness (QED) is 0.464. The number of halogens is 2. The fourth-order valence-corrected chi connectivity index (χ4v) is 7.30. The molecule has 0 nitrogen and oxygen atoms in total. The van der Waals surface area contributed by atoms with E-state index in [0.717, 1.165) is 3.67 Å². The fraction of sp³-hybridized carbons (Fsp3) is 0.143. The maximum absolute atomic E-state index is 2.42. The van der Waals surface area contributed by atoms with Crippen molar-refractivity contribution in [1.82, 2.24) is 0 Å². The molecule has 2 aliphatic carbocycles. The second-order valence-corrected chi connectivity index (χ2v) is 9.51. The summed E-state index contributed by atoms with van der Waals surface area (Å²) in [6.07, 6.45) is 12.8. The Hall–Kier alpha value is -0.110. The van der Waals surface area contributed by atoms with Crippen LogP contribution in [0.25, 0.3) is 6.08 Å². The predicted octanol–water partition coefficient (Wildman–Crippen LogP) is -2.31. The number of fused-ring (bicyclic) bond motifs is 1. The van der Waals surface area contributed by atoms with E-state index in [1.54, 1.807) is 8.89 Å². The zero-order valence-electron chi connectivity index (χ0n) is 9.24. The molecule has 1 atom stereocenters. The third-order valence-corrected chi connectivity index (χ3v) is 8.50. The Bertz CT molecular complexity index is 475. The first-order valence-corrected chi connectivity index (χ1v) is 9.20. The largest absolute Gasteiger partial charge is 1.00 e. The van der Waals surface area contributed by atoms with Crippen molar-refractivity contribution in [1.29, 1.82) is 0 Å². The number of rotatable bonds is 2. The maximum Gasteiger partial charge on any atom is -1.00 e. The van der Waals surface area contributed by atoms with Gasteiger partial charge in [0, 0.05) is 0 Å². The van der Waals surface area contributed by atoms with Crippen LogP contribution in [-0.4, -0.2) is 0 Å². The summed E-state index contributed by atoms with van der Waals surface area (Å²) in [6, 6.07) is 8.84. The molecule has 0 bridgehead atoms. The summed E-state index contributed by atoms with van der Waals surface area (Å²) in [5.41, 5.74) is 3.02. The van der Waals surface area contributed by atoms with Gasteiger partial charge in [0.1, 0.15) is 0 Å². The standard InChI is InChI=1S/C9H7.C5H5.2ClH.Hf/c1-2-5-9-7-3-6-8(9)4-1;1-2-4-5-3-1;;;/h1-7H;1-3H,4H2;2*1H;/q;;;;+2/p-2. The van der Waals surface area contributed by atoms with Crippen molar-refractivity contribution in [3.63, 3.8) is 0 Å². The Morgan fingerprint density at radius 3 is 2.71 bits per heavy atom. The van der Waals surface area contributed by atoms with Crippen LogP contribution >= 0.6 is 0 Å². The Morgan fingerprint density at radius 1 is 1.12 bits per heavy atom. The summed E-state index contributed by atoms with van der Waals surface area (Å²) in [4.78, 5) is 0. The van der Waals surface area contributed by atoms with Crippen LogP contribution in [0.2, 0.25) is 0 Å². The molecule has 0 saturated heterocycles. The smallest absolute Gasteiger partial charge is 1.00 e. The summed E-state index contributed by atoms with van der Waals surface area (Å²) in [7, 11) is 0. The average Bonchev–Trinajstić information content (AvgIpc) is 2.89. The molecule has 1 aromatic carbocycles. The minimum absolute atomic E-state index is 0.